The van der Waals surface area contributed by atoms with E-state index in [0.717, 1.165) is 10.2 Å². The van der Waals surface area contributed by atoms with Crippen molar-refractivity contribution in [2.24, 2.45) is 0 Å². The molecule has 0 aliphatic rings. The number of carbonyl (C=O) groups is 1. The maximum Gasteiger partial charge on any atom is 0.234 e. The number of amides is 1. The summed E-state index contributed by atoms with van der Waals surface area (Å²) in [5, 5.41) is 12.0. The molecule has 29 heavy (non-hydrogen) atoms. The zero-order valence-corrected chi connectivity index (χ0v) is 18.5. The normalized spacial score (nSPS) is 10.6. The number of rotatable bonds is 9. The molecule has 3 rings (SSSR count). The molecule has 1 heterocycles. The van der Waals surface area contributed by atoms with Crippen LogP contribution in [0.3, 0.4) is 0 Å². The van der Waals surface area contributed by atoms with Gasteiger partial charge in [-0.1, -0.05) is 39.8 Å². The first-order valence-corrected chi connectivity index (χ1v) is 10.7. The molecule has 1 amide bonds. The van der Waals surface area contributed by atoms with Crippen molar-refractivity contribution in [3.63, 3.8) is 0 Å². The Kier molecular flexibility index (Phi) is 7.54. The molecule has 3 aromatic rings. The minimum atomic E-state index is -0.141. The van der Waals surface area contributed by atoms with Crippen molar-refractivity contribution in [3.8, 4) is 11.5 Å². The van der Waals surface area contributed by atoms with Crippen molar-refractivity contribution in [1.82, 2.24) is 14.8 Å². The van der Waals surface area contributed by atoms with Crippen LogP contribution in [0.2, 0.25) is 0 Å². The first kappa shape index (κ1) is 21.2. The highest BCUT2D eigenvalue weighted by atomic mass is 79.9. The summed E-state index contributed by atoms with van der Waals surface area (Å²) in [4.78, 5) is 12.3. The summed E-state index contributed by atoms with van der Waals surface area (Å²) in [6.45, 7) is 2.99. The Morgan fingerprint density at radius 2 is 1.93 bits per heavy atom. The molecule has 1 N–H and O–H groups in total. The summed E-state index contributed by atoms with van der Waals surface area (Å²) >= 11 is 4.73. The number of nitrogens with one attached hydrogen (secondary N) is 1. The molecule has 1 aromatic heterocycles. The van der Waals surface area contributed by atoms with Gasteiger partial charge in [0.05, 0.1) is 18.6 Å². The third kappa shape index (κ3) is 5.74. The monoisotopic (exact) mass is 476 g/mol. The lowest BCUT2D eigenvalue weighted by Crippen LogP contribution is -2.15. The van der Waals surface area contributed by atoms with Crippen LogP contribution in [0.4, 0.5) is 5.69 Å². The molecule has 0 aliphatic carbocycles. The lowest BCUT2D eigenvalue weighted by molar-refractivity contribution is -0.113. The molecule has 7 nitrogen and oxygen atoms in total. The number of carbonyl (C=O) groups excluding carboxylic acids is 1. The average molecular weight is 477 g/mol. The van der Waals surface area contributed by atoms with E-state index in [2.05, 4.69) is 31.4 Å². The molecule has 0 spiro atoms. The van der Waals surface area contributed by atoms with Gasteiger partial charge in [0.25, 0.3) is 0 Å². The Morgan fingerprint density at radius 1 is 1.17 bits per heavy atom. The summed E-state index contributed by atoms with van der Waals surface area (Å²) in [6, 6.07) is 14.9. The minimum absolute atomic E-state index is 0.141. The van der Waals surface area contributed by atoms with Crippen LogP contribution < -0.4 is 14.8 Å². The molecular weight excluding hydrogens is 456 g/mol. The number of methoxy groups -OCH3 is 1. The average Bonchev–Trinajstić information content (AvgIpc) is 3.14. The van der Waals surface area contributed by atoms with Gasteiger partial charge in [0, 0.05) is 11.0 Å². The van der Waals surface area contributed by atoms with Gasteiger partial charge < -0.3 is 19.4 Å². The summed E-state index contributed by atoms with van der Waals surface area (Å²) in [7, 11) is 1.57. The van der Waals surface area contributed by atoms with Gasteiger partial charge in [-0.05, 0) is 43.3 Å². The van der Waals surface area contributed by atoms with E-state index in [1.165, 1.54) is 11.8 Å². The fourth-order valence-corrected chi connectivity index (χ4v) is 3.68. The van der Waals surface area contributed by atoms with Crippen LogP contribution in [0, 0.1) is 0 Å². The molecule has 0 fully saturated rings. The van der Waals surface area contributed by atoms with E-state index < -0.39 is 0 Å². The van der Waals surface area contributed by atoms with Crippen LogP contribution in [0.1, 0.15) is 12.7 Å². The van der Waals surface area contributed by atoms with Crippen molar-refractivity contribution in [2.75, 3.05) is 18.2 Å². The maximum absolute atomic E-state index is 12.3. The molecule has 0 saturated heterocycles. The van der Waals surface area contributed by atoms with Gasteiger partial charge in [0.15, 0.2) is 11.0 Å². The van der Waals surface area contributed by atoms with Crippen molar-refractivity contribution in [1.29, 1.82) is 0 Å². The van der Waals surface area contributed by atoms with Gasteiger partial charge >= 0.3 is 0 Å². The van der Waals surface area contributed by atoms with Gasteiger partial charge in [-0.3, -0.25) is 4.79 Å². The second-order valence-corrected chi connectivity index (χ2v) is 7.78. The van der Waals surface area contributed by atoms with Gasteiger partial charge in [-0.15, -0.1) is 10.2 Å². The van der Waals surface area contributed by atoms with Gasteiger partial charge in [-0.2, -0.15) is 0 Å². The Bertz CT molecular complexity index is 963. The van der Waals surface area contributed by atoms with E-state index in [1.807, 2.05) is 47.9 Å². The molecule has 2 aromatic carbocycles. The number of benzene rings is 2. The highest BCUT2D eigenvalue weighted by Crippen LogP contribution is 2.24. The van der Waals surface area contributed by atoms with E-state index in [-0.39, 0.29) is 11.7 Å². The third-order valence-electron chi connectivity index (χ3n) is 4.00. The molecule has 0 atom stereocenters. The second-order valence-electron chi connectivity index (χ2n) is 5.92. The Hall–Kier alpha value is -2.52. The number of hydrogen-bond acceptors (Lipinski definition) is 6. The summed E-state index contributed by atoms with van der Waals surface area (Å²) < 4.78 is 14.0. The largest absolute Gasteiger partial charge is 0.495 e. The standard InChI is InChI=1S/C20H21BrN4O3S/c1-3-25-18(12-28-15-10-8-14(21)9-11-15)23-24-20(25)29-13-19(26)22-16-6-4-5-7-17(16)27-2/h4-11H,3,12-13H2,1-2H3,(H,22,26). The zero-order chi connectivity index (χ0) is 20.6. The van der Waals surface area contributed by atoms with Crippen LogP contribution in [0.5, 0.6) is 11.5 Å². The van der Waals surface area contributed by atoms with E-state index in [1.54, 1.807) is 19.2 Å². The van der Waals surface area contributed by atoms with Gasteiger partial charge in [-0.25, -0.2) is 0 Å². The van der Waals surface area contributed by atoms with E-state index in [4.69, 9.17) is 9.47 Å². The molecule has 152 valence electrons. The first-order valence-electron chi connectivity index (χ1n) is 8.96. The quantitative estimate of drug-likeness (QED) is 0.461. The van der Waals surface area contributed by atoms with Gasteiger partial charge in [0.2, 0.25) is 5.91 Å². The number of nitrogens with zero attached hydrogens (tertiary/aromatic N) is 3. The van der Waals surface area contributed by atoms with Crippen LogP contribution in [0.25, 0.3) is 0 Å². The topological polar surface area (TPSA) is 78.3 Å². The fraction of sp³-hybridized carbons (Fsp3) is 0.250. The van der Waals surface area contributed by atoms with Crippen molar-refractivity contribution in [3.05, 3.63) is 58.8 Å². The van der Waals surface area contributed by atoms with Crippen molar-refractivity contribution in [2.45, 2.75) is 25.2 Å². The van der Waals surface area contributed by atoms with E-state index >= 15 is 0 Å². The lowest BCUT2D eigenvalue weighted by atomic mass is 10.3. The smallest absolute Gasteiger partial charge is 0.234 e. The van der Waals surface area contributed by atoms with E-state index in [9.17, 15) is 4.79 Å². The number of anilines is 1. The lowest BCUT2D eigenvalue weighted by Gasteiger charge is -2.10. The summed E-state index contributed by atoms with van der Waals surface area (Å²) in [6.07, 6.45) is 0. The molecule has 0 radical (unpaired) electrons. The Balaban J connectivity index is 1.58. The predicted molar refractivity (Wildman–Crippen MR) is 117 cm³/mol. The maximum atomic E-state index is 12.3. The van der Waals surface area contributed by atoms with Crippen molar-refractivity contribution >= 4 is 39.3 Å². The highest BCUT2D eigenvalue weighted by molar-refractivity contribution is 9.10. The number of hydrogen-bond donors (Lipinski definition) is 1. The van der Waals surface area contributed by atoms with Crippen molar-refractivity contribution < 1.29 is 14.3 Å². The zero-order valence-electron chi connectivity index (χ0n) is 16.1. The molecule has 0 unspecified atom stereocenters. The molecule has 0 saturated carbocycles. The second kappa shape index (κ2) is 10.3. The Morgan fingerprint density at radius 3 is 2.66 bits per heavy atom. The fourth-order valence-electron chi connectivity index (χ4n) is 2.59. The number of thioether (sulfide) groups is 1. The molecule has 0 bridgehead atoms. The van der Waals surface area contributed by atoms with Crippen LogP contribution >= 0.6 is 27.7 Å². The number of para-hydroxylation sites is 2. The molecule has 0 aliphatic heterocycles. The number of ether oxygens (including phenoxy) is 2. The first-order chi connectivity index (χ1) is 14.1. The minimum Gasteiger partial charge on any atom is -0.495 e. The van der Waals surface area contributed by atoms with Crippen LogP contribution in [-0.2, 0) is 17.9 Å². The predicted octanol–water partition coefficient (Wildman–Crippen LogP) is 4.38. The SMILES string of the molecule is CCn1c(COc2ccc(Br)cc2)nnc1SCC(=O)Nc1ccccc1OC. The van der Waals surface area contributed by atoms with Gasteiger partial charge in [0.1, 0.15) is 18.1 Å². The number of halogens is 1. The highest BCUT2D eigenvalue weighted by Gasteiger charge is 2.14. The van der Waals surface area contributed by atoms with E-state index in [0.29, 0.717) is 35.6 Å². The number of aromatic nitrogens is 3. The summed E-state index contributed by atoms with van der Waals surface area (Å²) in [5.74, 6) is 2.16. The Labute approximate surface area is 181 Å². The summed E-state index contributed by atoms with van der Waals surface area (Å²) in [5.41, 5.74) is 0.640. The van der Waals surface area contributed by atoms with Crippen LogP contribution in [-0.4, -0.2) is 33.5 Å². The molecule has 9 heteroatoms. The molecular formula is C20H21BrN4O3S. The van der Waals surface area contributed by atoms with Crippen LogP contribution in [0.15, 0.2) is 58.2 Å². The third-order valence-corrected chi connectivity index (χ3v) is 5.50.